The summed E-state index contributed by atoms with van der Waals surface area (Å²) in [4.78, 5) is 11.5. The number of nitrogens with two attached hydrogens (primary N) is 1. The van der Waals surface area contributed by atoms with Crippen LogP contribution in [0.2, 0.25) is 0 Å². The van der Waals surface area contributed by atoms with Crippen molar-refractivity contribution >= 4 is 21.4 Å². The summed E-state index contributed by atoms with van der Waals surface area (Å²) in [6.07, 6.45) is 0.771. The van der Waals surface area contributed by atoms with Gasteiger partial charge in [-0.2, -0.15) is 0 Å². The molecule has 0 fully saturated rings. The molecule has 0 heterocycles. The van der Waals surface area contributed by atoms with Crippen LogP contribution in [0.1, 0.15) is 13.3 Å². The molecule has 0 aliphatic heterocycles. The van der Waals surface area contributed by atoms with Crippen molar-refractivity contribution < 1.29 is 13.2 Å². The van der Waals surface area contributed by atoms with E-state index in [1.54, 1.807) is 0 Å². The molecule has 6 heteroatoms. The van der Waals surface area contributed by atoms with Gasteiger partial charge < -0.3 is 11.1 Å². The number of amides is 1. The summed E-state index contributed by atoms with van der Waals surface area (Å²) in [6.45, 7) is 2.38. The largest absolute Gasteiger partial charge is 0.399 e. The molecule has 1 aromatic carbocycles. The Labute approximate surface area is 101 Å². The van der Waals surface area contributed by atoms with E-state index >= 15 is 0 Å². The highest BCUT2D eigenvalue weighted by Gasteiger charge is 2.18. The lowest BCUT2D eigenvalue weighted by atomic mass is 10.3. The van der Waals surface area contributed by atoms with Crippen molar-refractivity contribution in [1.82, 2.24) is 5.32 Å². The SMILES string of the molecule is CCCNC(=O)CS(=O)(=O)c1ccc(N)cc1. The smallest absolute Gasteiger partial charge is 0.235 e. The number of carbonyl (C=O) groups excluding carboxylic acids is 1. The lowest BCUT2D eigenvalue weighted by molar-refractivity contribution is -0.118. The quantitative estimate of drug-likeness (QED) is 0.754. The van der Waals surface area contributed by atoms with Crippen LogP contribution in [0.25, 0.3) is 0 Å². The first-order valence-electron chi connectivity index (χ1n) is 5.30. The summed E-state index contributed by atoms with van der Waals surface area (Å²) in [7, 11) is -3.57. The molecule has 0 aliphatic carbocycles. The number of anilines is 1. The molecule has 0 saturated heterocycles. The van der Waals surface area contributed by atoms with Crippen LogP contribution in [0, 0.1) is 0 Å². The van der Waals surface area contributed by atoms with Crippen molar-refractivity contribution in [3.8, 4) is 0 Å². The lowest BCUT2D eigenvalue weighted by Crippen LogP contribution is -2.30. The van der Waals surface area contributed by atoms with Crippen LogP contribution in [0.5, 0.6) is 0 Å². The fourth-order valence-corrected chi connectivity index (χ4v) is 2.41. The Morgan fingerprint density at radius 3 is 2.41 bits per heavy atom. The average Bonchev–Trinajstić information content (AvgIpc) is 2.26. The van der Waals surface area contributed by atoms with Gasteiger partial charge in [0.25, 0.3) is 0 Å². The number of nitrogen functional groups attached to an aromatic ring is 1. The first-order valence-corrected chi connectivity index (χ1v) is 6.96. The molecule has 0 aromatic heterocycles. The van der Waals surface area contributed by atoms with Gasteiger partial charge in [-0.3, -0.25) is 4.79 Å². The van der Waals surface area contributed by atoms with E-state index < -0.39 is 21.5 Å². The normalized spacial score (nSPS) is 11.1. The van der Waals surface area contributed by atoms with Crippen LogP contribution in [-0.4, -0.2) is 26.6 Å². The zero-order valence-electron chi connectivity index (χ0n) is 9.64. The highest BCUT2D eigenvalue weighted by atomic mass is 32.2. The summed E-state index contributed by atoms with van der Waals surface area (Å²) >= 11 is 0. The van der Waals surface area contributed by atoms with Gasteiger partial charge in [0.15, 0.2) is 9.84 Å². The molecule has 0 bridgehead atoms. The Morgan fingerprint density at radius 2 is 1.88 bits per heavy atom. The van der Waals surface area contributed by atoms with Crippen molar-refractivity contribution in [1.29, 1.82) is 0 Å². The maximum absolute atomic E-state index is 11.8. The number of nitrogens with one attached hydrogen (secondary N) is 1. The van der Waals surface area contributed by atoms with E-state index in [-0.39, 0.29) is 4.90 Å². The second-order valence-corrected chi connectivity index (χ2v) is 5.67. The average molecular weight is 256 g/mol. The van der Waals surface area contributed by atoms with Gasteiger partial charge in [0.05, 0.1) is 4.90 Å². The van der Waals surface area contributed by atoms with Crippen LogP contribution in [-0.2, 0) is 14.6 Å². The third kappa shape index (κ3) is 4.07. The first kappa shape index (κ1) is 13.5. The number of sulfone groups is 1. The highest BCUT2D eigenvalue weighted by molar-refractivity contribution is 7.92. The van der Waals surface area contributed by atoms with Crippen LogP contribution < -0.4 is 11.1 Å². The zero-order chi connectivity index (χ0) is 12.9. The van der Waals surface area contributed by atoms with E-state index in [1.807, 2.05) is 6.92 Å². The van der Waals surface area contributed by atoms with Crippen LogP contribution in [0.15, 0.2) is 29.2 Å². The van der Waals surface area contributed by atoms with Crippen LogP contribution in [0.4, 0.5) is 5.69 Å². The Hall–Kier alpha value is -1.56. The van der Waals surface area contributed by atoms with Gasteiger partial charge in [0.1, 0.15) is 5.75 Å². The van der Waals surface area contributed by atoms with Gasteiger partial charge in [-0.15, -0.1) is 0 Å². The van der Waals surface area contributed by atoms with Gasteiger partial charge in [-0.25, -0.2) is 8.42 Å². The van der Waals surface area contributed by atoms with Crippen molar-refractivity contribution in [2.75, 3.05) is 18.0 Å². The predicted molar refractivity (Wildman–Crippen MR) is 66.2 cm³/mol. The topological polar surface area (TPSA) is 89.3 Å². The van der Waals surface area contributed by atoms with E-state index in [9.17, 15) is 13.2 Å². The molecule has 0 saturated carbocycles. The summed E-state index contributed by atoms with van der Waals surface area (Å²) < 4.78 is 23.6. The van der Waals surface area contributed by atoms with E-state index in [4.69, 9.17) is 5.73 Å². The second kappa shape index (κ2) is 5.67. The molecular formula is C11H16N2O3S. The van der Waals surface area contributed by atoms with Gasteiger partial charge in [-0.1, -0.05) is 6.92 Å². The second-order valence-electron chi connectivity index (χ2n) is 3.68. The van der Waals surface area contributed by atoms with Crippen LogP contribution >= 0.6 is 0 Å². The van der Waals surface area contributed by atoms with E-state index in [0.29, 0.717) is 12.2 Å². The molecule has 1 rings (SSSR count). The fourth-order valence-electron chi connectivity index (χ4n) is 1.25. The van der Waals surface area contributed by atoms with Crippen molar-refractivity contribution in [2.45, 2.75) is 18.2 Å². The Balaban J connectivity index is 2.75. The number of hydrogen-bond donors (Lipinski definition) is 2. The standard InChI is InChI=1S/C11H16N2O3S/c1-2-7-13-11(14)8-17(15,16)10-5-3-9(12)4-6-10/h3-6H,2,7-8,12H2,1H3,(H,13,14). The van der Waals surface area contributed by atoms with E-state index in [2.05, 4.69) is 5.32 Å². The molecule has 0 aliphatic rings. The Bertz CT molecular complexity index is 480. The molecule has 3 N–H and O–H groups in total. The number of hydrogen-bond acceptors (Lipinski definition) is 4. The molecule has 1 aromatic rings. The van der Waals surface area contributed by atoms with Crippen molar-refractivity contribution in [3.63, 3.8) is 0 Å². The Kier molecular flexibility index (Phi) is 4.51. The predicted octanol–water partition coefficient (Wildman–Crippen LogP) is 0.569. The van der Waals surface area contributed by atoms with E-state index in [1.165, 1.54) is 24.3 Å². The maximum atomic E-state index is 11.8. The molecule has 94 valence electrons. The van der Waals surface area contributed by atoms with Gasteiger partial charge in [-0.05, 0) is 30.7 Å². The molecule has 0 radical (unpaired) electrons. The Morgan fingerprint density at radius 1 is 1.29 bits per heavy atom. The summed E-state index contributed by atoms with van der Waals surface area (Å²) in [5.74, 6) is -1.01. The molecule has 0 unspecified atom stereocenters. The third-order valence-corrected chi connectivity index (χ3v) is 3.77. The number of benzene rings is 1. The molecule has 5 nitrogen and oxygen atoms in total. The number of rotatable bonds is 5. The number of carbonyl (C=O) groups is 1. The zero-order valence-corrected chi connectivity index (χ0v) is 10.5. The minimum atomic E-state index is -3.57. The monoisotopic (exact) mass is 256 g/mol. The molecule has 0 spiro atoms. The molecule has 17 heavy (non-hydrogen) atoms. The lowest BCUT2D eigenvalue weighted by Gasteiger charge is -2.05. The molecule has 0 atom stereocenters. The third-order valence-electron chi connectivity index (χ3n) is 2.13. The van der Waals surface area contributed by atoms with Gasteiger partial charge in [0, 0.05) is 12.2 Å². The summed E-state index contributed by atoms with van der Waals surface area (Å²) in [5, 5.41) is 2.53. The minimum absolute atomic E-state index is 0.110. The highest BCUT2D eigenvalue weighted by Crippen LogP contribution is 2.13. The summed E-state index contributed by atoms with van der Waals surface area (Å²) in [5.41, 5.74) is 5.95. The van der Waals surface area contributed by atoms with Gasteiger partial charge >= 0.3 is 0 Å². The van der Waals surface area contributed by atoms with Gasteiger partial charge in [0.2, 0.25) is 5.91 Å². The minimum Gasteiger partial charge on any atom is -0.399 e. The fraction of sp³-hybridized carbons (Fsp3) is 0.364. The molecule has 1 amide bonds. The van der Waals surface area contributed by atoms with E-state index in [0.717, 1.165) is 6.42 Å². The maximum Gasteiger partial charge on any atom is 0.235 e. The molecular weight excluding hydrogens is 240 g/mol. The summed E-state index contributed by atoms with van der Waals surface area (Å²) in [6, 6.07) is 5.79. The van der Waals surface area contributed by atoms with Crippen LogP contribution in [0.3, 0.4) is 0 Å². The first-order chi connectivity index (χ1) is 7.95. The van der Waals surface area contributed by atoms with Crippen molar-refractivity contribution in [3.05, 3.63) is 24.3 Å². The van der Waals surface area contributed by atoms with Crippen molar-refractivity contribution in [2.24, 2.45) is 0 Å².